The second kappa shape index (κ2) is 6.28. The molecule has 1 heterocycles. The molecule has 1 aliphatic heterocycles. The molecule has 0 aliphatic carbocycles. The van der Waals surface area contributed by atoms with E-state index in [-0.39, 0.29) is 6.04 Å². The Balaban J connectivity index is 1.98. The minimum Gasteiger partial charge on any atom is -0.323 e. The van der Waals surface area contributed by atoms with Gasteiger partial charge in [-0.05, 0) is 61.8 Å². The quantitative estimate of drug-likeness (QED) is 0.884. The van der Waals surface area contributed by atoms with Crippen molar-refractivity contribution in [1.29, 1.82) is 0 Å². The maximum absolute atomic E-state index is 6.42. The van der Waals surface area contributed by atoms with Gasteiger partial charge in [-0.3, -0.25) is 0 Å². The monoisotopic (exact) mass is 274 g/mol. The molecule has 0 spiro atoms. The van der Waals surface area contributed by atoms with E-state index in [1.165, 1.54) is 49.0 Å². The van der Waals surface area contributed by atoms with E-state index in [1.807, 2.05) is 0 Å². The first kappa shape index (κ1) is 15.5. The first-order valence-electron chi connectivity index (χ1n) is 8.05. The predicted molar refractivity (Wildman–Crippen MR) is 86.9 cm³/mol. The van der Waals surface area contributed by atoms with Crippen LogP contribution in [0.3, 0.4) is 0 Å². The van der Waals surface area contributed by atoms with Gasteiger partial charge in [0.2, 0.25) is 0 Å². The zero-order valence-corrected chi connectivity index (χ0v) is 13.6. The highest BCUT2D eigenvalue weighted by Crippen LogP contribution is 2.37. The SMILES string of the molecule is CCC1(CC)CCN(CC(N)c2ccc(C)c(C)c2)C1. The van der Waals surface area contributed by atoms with Crippen molar-refractivity contribution in [1.82, 2.24) is 4.90 Å². The summed E-state index contributed by atoms with van der Waals surface area (Å²) < 4.78 is 0. The van der Waals surface area contributed by atoms with E-state index in [1.54, 1.807) is 0 Å². The minimum absolute atomic E-state index is 0.138. The zero-order valence-electron chi connectivity index (χ0n) is 13.6. The summed E-state index contributed by atoms with van der Waals surface area (Å²) in [6.07, 6.45) is 3.91. The molecule has 0 amide bonds. The molecular weight excluding hydrogens is 244 g/mol. The van der Waals surface area contributed by atoms with E-state index in [0.29, 0.717) is 5.41 Å². The molecule has 1 aliphatic rings. The van der Waals surface area contributed by atoms with E-state index >= 15 is 0 Å². The molecule has 112 valence electrons. The van der Waals surface area contributed by atoms with Crippen molar-refractivity contribution in [3.63, 3.8) is 0 Å². The van der Waals surface area contributed by atoms with Gasteiger partial charge in [-0.25, -0.2) is 0 Å². The summed E-state index contributed by atoms with van der Waals surface area (Å²) in [5, 5.41) is 0. The summed E-state index contributed by atoms with van der Waals surface area (Å²) >= 11 is 0. The summed E-state index contributed by atoms with van der Waals surface area (Å²) in [6, 6.07) is 6.77. The lowest BCUT2D eigenvalue weighted by atomic mass is 9.82. The Bertz CT molecular complexity index is 449. The van der Waals surface area contributed by atoms with Crippen LogP contribution in [0.15, 0.2) is 18.2 Å². The van der Waals surface area contributed by atoms with Gasteiger partial charge in [-0.2, -0.15) is 0 Å². The molecule has 2 rings (SSSR count). The fourth-order valence-electron chi connectivity index (χ4n) is 3.39. The number of hydrogen-bond acceptors (Lipinski definition) is 2. The fraction of sp³-hybridized carbons (Fsp3) is 0.667. The van der Waals surface area contributed by atoms with Crippen LogP contribution < -0.4 is 5.73 Å². The Morgan fingerprint density at radius 1 is 1.20 bits per heavy atom. The first-order chi connectivity index (χ1) is 9.49. The van der Waals surface area contributed by atoms with Crippen LogP contribution in [0.25, 0.3) is 0 Å². The van der Waals surface area contributed by atoms with Crippen LogP contribution in [-0.4, -0.2) is 24.5 Å². The normalized spacial score (nSPS) is 20.2. The van der Waals surface area contributed by atoms with E-state index in [9.17, 15) is 0 Å². The standard InChI is InChI=1S/C18H30N2/c1-5-18(6-2)9-10-20(13-18)12-17(19)16-8-7-14(3)15(4)11-16/h7-8,11,17H,5-6,9-10,12-13,19H2,1-4H3. The molecule has 20 heavy (non-hydrogen) atoms. The van der Waals surface area contributed by atoms with Crippen molar-refractivity contribution in [2.24, 2.45) is 11.1 Å². The Morgan fingerprint density at radius 2 is 1.90 bits per heavy atom. The summed E-state index contributed by atoms with van der Waals surface area (Å²) in [6.45, 7) is 12.4. The van der Waals surface area contributed by atoms with Crippen LogP contribution >= 0.6 is 0 Å². The number of likely N-dealkylation sites (tertiary alicyclic amines) is 1. The molecule has 1 aromatic rings. The van der Waals surface area contributed by atoms with Gasteiger partial charge in [0, 0.05) is 19.1 Å². The molecule has 1 atom stereocenters. The largest absolute Gasteiger partial charge is 0.323 e. The van der Waals surface area contributed by atoms with Crippen LogP contribution in [0.1, 0.15) is 55.8 Å². The molecule has 1 saturated heterocycles. The van der Waals surface area contributed by atoms with Crippen LogP contribution in [0.5, 0.6) is 0 Å². The molecule has 0 aromatic heterocycles. The Hall–Kier alpha value is -0.860. The Kier molecular flexibility index (Phi) is 4.87. The maximum Gasteiger partial charge on any atom is 0.0424 e. The molecule has 1 aromatic carbocycles. The maximum atomic E-state index is 6.42. The van der Waals surface area contributed by atoms with Crippen LogP contribution in [0.2, 0.25) is 0 Å². The third-order valence-corrected chi connectivity index (χ3v) is 5.43. The van der Waals surface area contributed by atoms with Gasteiger partial charge >= 0.3 is 0 Å². The van der Waals surface area contributed by atoms with Gasteiger partial charge in [0.1, 0.15) is 0 Å². The second-order valence-electron chi connectivity index (χ2n) is 6.64. The van der Waals surface area contributed by atoms with Crippen LogP contribution in [0.4, 0.5) is 0 Å². The van der Waals surface area contributed by atoms with E-state index in [2.05, 4.69) is 50.8 Å². The molecule has 0 saturated carbocycles. The number of nitrogens with two attached hydrogens (primary N) is 1. The van der Waals surface area contributed by atoms with Gasteiger partial charge < -0.3 is 10.6 Å². The van der Waals surface area contributed by atoms with E-state index in [4.69, 9.17) is 5.73 Å². The lowest BCUT2D eigenvalue weighted by molar-refractivity contribution is 0.233. The lowest BCUT2D eigenvalue weighted by Gasteiger charge is -2.27. The van der Waals surface area contributed by atoms with Gasteiger partial charge in [0.15, 0.2) is 0 Å². The highest BCUT2D eigenvalue weighted by atomic mass is 15.2. The van der Waals surface area contributed by atoms with Crippen molar-refractivity contribution in [2.75, 3.05) is 19.6 Å². The minimum atomic E-state index is 0.138. The molecule has 0 bridgehead atoms. The number of benzene rings is 1. The summed E-state index contributed by atoms with van der Waals surface area (Å²) in [4.78, 5) is 2.56. The van der Waals surface area contributed by atoms with E-state index < -0.39 is 0 Å². The van der Waals surface area contributed by atoms with E-state index in [0.717, 1.165) is 6.54 Å². The number of nitrogens with zero attached hydrogens (tertiary/aromatic N) is 1. The summed E-state index contributed by atoms with van der Waals surface area (Å²) in [5.74, 6) is 0. The van der Waals surface area contributed by atoms with Gasteiger partial charge in [-0.15, -0.1) is 0 Å². The number of rotatable bonds is 5. The zero-order chi connectivity index (χ0) is 14.8. The van der Waals surface area contributed by atoms with Crippen molar-refractivity contribution >= 4 is 0 Å². The fourth-order valence-corrected chi connectivity index (χ4v) is 3.39. The van der Waals surface area contributed by atoms with Gasteiger partial charge in [0.05, 0.1) is 0 Å². The van der Waals surface area contributed by atoms with Crippen molar-refractivity contribution < 1.29 is 0 Å². The topological polar surface area (TPSA) is 29.3 Å². The molecule has 2 nitrogen and oxygen atoms in total. The average Bonchev–Trinajstić information content (AvgIpc) is 2.86. The Labute approximate surface area is 124 Å². The molecular formula is C18H30N2. The van der Waals surface area contributed by atoms with Gasteiger partial charge in [0.25, 0.3) is 0 Å². The molecule has 1 unspecified atom stereocenters. The first-order valence-corrected chi connectivity index (χ1v) is 8.05. The highest BCUT2D eigenvalue weighted by Gasteiger charge is 2.35. The van der Waals surface area contributed by atoms with Crippen molar-refractivity contribution in [2.45, 2.75) is 53.0 Å². The number of hydrogen-bond donors (Lipinski definition) is 1. The third kappa shape index (κ3) is 3.24. The van der Waals surface area contributed by atoms with Crippen molar-refractivity contribution in [3.05, 3.63) is 34.9 Å². The average molecular weight is 274 g/mol. The molecule has 1 fully saturated rings. The number of aryl methyl sites for hydroxylation is 2. The molecule has 0 radical (unpaired) electrons. The van der Waals surface area contributed by atoms with Gasteiger partial charge in [-0.1, -0.05) is 32.0 Å². The third-order valence-electron chi connectivity index (χ3n) is 5.43. The molecule has 2 N–H and O–H groups in total. The van der Waals surface area contributed by atoms with Crippen LogP contribution in [0, 0.1) is 19.3 Å². The molecule has 2 heteroatoms. The van der Waals surface area contributed by atoms with Crippen molar-refractivity contribution in [3.8, 4) is 0 Å². The summed E-state index contributed by atoms with van der Waals surface area (Å²) in [5.41, 5.74) is 10.9. The Morgan fingerprint density at radius 3 is 2.45 bits per heavy atom. The lowest BCUT2D eigenvalue weighted by Crippen LogP contribution is -2.32. The predicted octanol–water partition coefficient (Wildman–Crippen LogP) is 3.82. The smallest absolute Gasteiger partial charge is 0.0424 e. The van der Waals surface area contributed by atoms with Crippen LogP contribution in [-0.2, 0) is 0 Å². The second-order valence-corrected chi connectivity index (χ2v) is 6.64. The highest BCUT2D eigenvalue weighted by molar-refractivity contribution is 5.31. The summed E-state index contributed by atoms with van der Waals surface area (Å²) in [7, 11) is 0.